The fourth-order valence-corrected chi connectivity index (χ4v) is 2.41. The van der Waals surface area contributed by atoms with Crippen LogP contribution in [0.1, 0.15) is 45.1 Å². The molecular weight excluding hydrogens is 262 g/mol. The zero-order chi connectivity index (χ0) is 16.2. The Labute approximate surface area is 128 Å². The minimum absolute atomic E-state index is 0.0184. The lowest BCUT2D eigenvalue weighted by atomic mass is 9.89. The summed E-state index contributed by atoms with van der Waals surface area (Å²) in [5.41, 5.74) is 7.58. The van der Waals surface area contributed by atoms with Crippen LogP contribution in [0, 0.1) is 34.6 Å². The van der Waals surface area contributed by atoms with Gasteiger partial charge in [-0.2, -0.15) is 0 Å². The number of hydrogen-bond donors (Lipinski definition) is 1. The summed E-state index contributed by atoms with van der Waals surface area (Å²) in [6.07, 6.45) is 0. The second-order valence-electron chi connectivity index (χ2n) is 5.77. The van der Waals surface area contributed by atoms with E-state index in [0.29, 0.717) is 19.8 Å². The highest BCUT2D eigenvalue weighted by Crippen LogP contribution is 2.25. The van der Waals surface area contributed by atoms with Crippen molar-refractivity contribution in [2.24, 2.45) is 0 Å². The van der Waals surface area contributed by atoms with Crippen LogP contribution in [0.5, 0.6) is 0 Å². The molecule has 0 radical (unpaired) electrons. The minimum atomic E-state index is -0.0184. The number of carbonyl (C=O) groups is 1. The molecule has 1 rings (SSSR count). The fraction of sp³-hybridized carbons (Fsp3) is 0.500. The van der Waals surface area contributed by atoms with Crippen LogP contribution in [0.4, 0.5) is 0 Å². The average Bonchev–Trinajstić information content (AvgIpc) is 2.42. The van der Waals surface area contributed by atoms with E-state index in [-0.39, 0.29) is 5.91 Å². The van der Waals surface area contributed by atoms with E-state index in [2.05, 4.69) is 32.7 Å². The Morgan fingerprint density at radius 2 is 1.48 bits per heavy atom. The van der Waals surface area contributed by atoms with Gasteiger partial charge in [0.15, 0.2) is 0 Å². The first kappa shape index (κ1) is 17.4. The molecule has 21 heavy (non-hydrogen) atoms. The van der Waals surface area contributed by atoms with E-state index in [4.69, 9.17) is 4.74 Å². The van der Waals surface area contributed by atoms with Crippen molar-refractivity contribution in [3.63, 3.8) is 0 Å². The van der Waals surface area contributed by atoms with Gasteiger partial charge in [-0.1, -0.05) is 12.2 Å². The molecule has 0 heterocycles. The molecule has 0 aliphatic carbocycles. The van der Waals surface area contributed by atoms with Crippen LogP contribution in [-0.2, 0) is 4.74 Å². The van der Waals surface area contributed by atoms with Crippen molar-refractivity contribution in [2.75, 3.05) is 19.8 Å². The highest BCUT2D eigenvalue weighted by molar-refractivity contribution is 5.98. The van der Waals surface area contributed by atoms with Crippen molar-refractivity contribution in [1.29, 1.82) is 0 Å². The summed E-state index contributed by atoms with van der Waals surface area (Å²) in [5.74, 6) is -0.0184. The maximum absolute atomic E-state index is 12.4. The number of hydrogen-bond acceptors (Lipinski definition) is 2. The van der Waals surface area contributed by atoms with Crippen LogP contribution in [0.2, 0.25) is 0 Å². The number of ether oxygens (including phenoxy) is 1. The maximum Gasteiger partial charge on any atom is 0.251 e. The summed E-state index contributed by atoms with van der Waals surface area (Å²) < 4.78 is 5.39. The fourth-order valence-electron chi connectivity index (χ4n) is 2.41. The number of benzene rings is 1. The molecule has 1 aromatic carbocycles. The van der Waals surface area contributed by atoms with Gasteiger partial charge in [0.1, 0.15) is 0 Å². The number of nitrogens with one attached hydrogen (secondary N) is 1. The highest BCUT2D eigenvalue weighted by Gasteiger charge is 2.17. The van der Waals surface area contributed by atoms with Gasteiger partial charge in [0.25, 0.3) is 5.91 Å². The third-order valence-corrected chi connectivity index (χ3v) is 4.11. The second-order valence-corrected chi connectivity index (χ2v) is 5.77. The Kier molecular flexibility index (Phi) is 6.16. The van der Waals surface area contributed by atoms with Crippen LogP contribution in [0.15, 0.2) is 12.2 Å². The molecule has 0 bridgehead atoms. The molecule has 0 unspecified atom stereocenters. The van der Waals surface area contributed by atoms with Crippen molar-refractivity contribution in [1.82, 2.24) is 5.32 Å². The summed E-state index contributed by atoms with van der Waals surface area (Å²) in [4.78, 5) is 12.4. The molecular formula is C18H27NO2. The van der Waals surface area contributed by atoms with E-state index in [1.54, 1.807) is 0 Å². The Bertz CT molecular complexity index is 530. The third-order valence-electron chi connectivity index (χ3n) is 4.11. The van der Waals surface area contributed by atoms with Gasteiger partial charge in [-0.3, -0.25) is 4.79 Å². The standard InChI is InChI=1S/C18H27NO2/c1-11(2)10-21-9-8-19-18(20)17-15(6)13(4)12(3)14(5)16(17)7/h1,8-10H2,2-7H3,(H,19,20). The Hall–Kier alpha value is -1.61. The van der Waals surface area contributed by atoms with Crippen molar-refractivity contribution >= 4 is 5.91 Å². The average molecular weight is 289 g/mol. The van der Waals surface area contributed by atoms with Crippen LogP contribution in [0.25, 0.3) is 0 Å². The molecule has 0 aromatic heterocycles. The highest BCUT2D eigenvalue weighted by atomic mass is 16.5. The van der Waals surface area contributed by atoms with Gasteiger partial charge in [-0.05, 0) is 69.4 Å². The largest absolute Gasteiger partial charge is 0.375 e. The van der Waals surface area contributed by atoms with Gasteiger partial charge < -0.3 is 10.1 Å². The van der Waals surface area contributed by atoms with E-state index in [1.165, 1.54) is 16.7 Å². The summed E-state index contributed by atoms with van der Waals surface area (Å²) in [5, 5.41) is 2.93. The van der Waals surface area contributed by atoms with E-state index < -0.39 is 0 Å². The lowest BCUT2D eigenvalue weighted by molar-refractivity contribution is 0.0925. The van der Waals surface area contributed by atoms with E-state index >= 15 is 0 Å². The molecule has 0 saturated heterocycles. The summed E-state index contributed by atoms with van der Waals surface area (Å²) in [6.45, 7) is 17.5. The van der Waals surface area contributed by atoms with Crippen LogP contribution in [-0.4, -0.2) is 25.7 Å². The Morgan fingerprint density at radius 3 is 1.95 bits per heavy atom. The van der Waals surface area contributed by atoms with Gasteiger partial charge in [0.05, 0.1) is 13.2 Å². The van der Waals surface area contributed by atoms with Crippen molar-refractivity contribution < 1.29 is 9.53 Å². The molecule has 0 atom stereocenters. The summed E-state index contributed by atoms with van der Waals surface area (Å²) in [6, 6.07) is 0. The molecule has 0 fully saturated rings. The van der Waals surface area contributed by atoms with Gasteiger partial charge in [-0.25, -0.2) is 0 Å². The molecule has 1 aromatic rings. The molecule has 0 spiro atoms. The Morgan fingerprint density at radius 1 is 1.00 bits per heavy atom. The molecule has 0 aliphatic heterocycles. The number of amides is 1. The molecule has 1 N–H and O–H groups in total. The number of rotatable bonds is 6. The molecule has 3 heteroatoms. The molecule has 0 saturated carbocycles. The van der Waals surface area contributed by atoms with Crippen LogP contribution >= 0.6 is 0 Å². The van der Waals surface area contributed by atoms with Crippen molar-refractivity contribution in [2.45, 2.75) is 41.5 Å². The minimum Gasteiger partial charge on any atom is -0.375 e. The lowest BCUT2D eigenvalue weighted by Gasteiger charge is -2.18. The topological polar surface area (TPSA) is 38.3 Å². The zero-order valence-corrected chi connectivity index (χ0v) is 14.1. The molecule has 3 nitrogen and oxygen atoms in total. The van der Waals surface area contributed by atoms with Crippen LogP contribution in [0.3, 0.4) is 0 Å². The first-order chi connectivity index (χ1) is 9.77. The SMILES string of the molecule is C=C(C)COCCNC(=O)c1c(C)c(C)c(C)c(C)c1C. The first-order valence-corrected chi connectivity index (χ1v) is 7.34. The predicted octanol–water partition coefficient (Wildman–Crippen LogP) is 3.55. The van der Waals surface area contributed by atoms with Gasteiger partial charge >= 0.3 is 0 Å². The Balaban J connectivity index is 2.77. The first-order valence-electron chi connectivity index (χ1n) is 7.34. The van der Waals surface area contributed by atoms with Crippen molar-refractivity contribution in [3.05, 3.63) is 45.5 Å². The van der Waals surface area contributed by atoms with E-state index in [9.17, 15) is 4.79 Å². The molecule has 1 amide bonds. The normalized spacial score (nSPS) is 10.6. The van der Waals surface area contributed by atoms with Crippen molar-refractivity contribution in [3.8, 4) is 0 Å². The maximum atomic E-state index is 12.4. The summed E-state index contributed by atoms with van der Waals surface area (Å²) in [7, 11) is 0. The second kappa shape index (κ2) is 7.41. The quantitative estimate of drug-likeness (QED) is 0.642. The smallest absolute Gasteiger partial charge is 0.251 e. The monoisotopic (exact) mass is 289 g/mol. The van der Waals surface area contributed by atoms with Gasteiger partial charge in [-0.15, -0.1) is 0 Å². The van der Waals surface area contributed by atoms with Gasteiger partial charge in [0.2, 0.25) is 0 Å². The molecule has 116 valence electrons. The van der Waals surface area contributed by atoms with E-state index in [1.807, 2.05) is 20.8 Å². The van der Waals surface area contributed by atoms with E-state index in [0.717, 1.165) is 22.3 Å². The molecule has 0 aliphatic rings. The summed E-state index contributed by atoms with van der Waals surface area (Å²) >= 11 is 0. The lowest BCUT2D eigenvalue weighted by Crippen LogP contribution is -2.29. The zero-order valence-electron chi connectivity index (χ0n) is 14.1. The van der Waals surface area contributed by atoms with Crippen LogP contribution < -0.4 is 5.32 Å². The predicted molar refractivity (Wildman–Crippen MR) is 88.1 cm³/mol. The third kappa shape index (κ3) is 4.18. The number of carbonyl (C=O) groups excluding carboxylic acids is 1. The van der Waals surface area contributed by atoms with Gasteiger partial charge in [0, 0.05) is 12.1 Å².